The molecule has 1 aliphatic rings. The monoisotopic (exact) mass is 299 g/mol. The van der Waals surface area contributed by atoms with Gasteiger partial charge in [-0.1, -0.05) is 6.92 Å². The molecule has 1 atom stereocenters. The van der Waals surface area contributed by atoms with E-state index in [0.29, 0.717) is 6.42 Å². The second-order valence-electron chi connectivity index (χ2n) is 4.37. The fourth-order valence-corrected chi connectivity index (χ4v) is 4.55. The molecular formula is C9H21N3O4S2. The summed E-state index contributed by atoms with van der Waals surface area (Å²) < 4.78 is 49.7. The smallest absolute Gasteiger partial charge is 0.218 e. The average Bonchev–Trinajstić information content (AvgIpc) is 2.29. The minimum absolute atomic E-state index is 0.0884. The van der Waals surface area contributed by atoms with Crippen LogP contribution in [0.1, 0.15) is 13.3 Å². The van der Waals surface area contributed by atoms with E-state index in [2.05, 4.69) is 0 Å². The Kier molecular flexibility index (Phi) is 5.13. The number of nitrogens with two attached hydrogens (primary N) is 1. The minimum Gasteiger partial charge on any atom is -0.329 e. The largest absolute Gasteiger partial charge is 0.329 e. The van der Waals surface area contributed by atoms with Crippen molar-refractivity contribution in [2.24, 2.45) is 5.73 Å². The van der Waals surface area contributed by atoms with Crippen molar-refractivity contribution in [3.05, 3.63) is 0 Å². The standard InChI is InChI=1S/C9H21N3O4S2/c1-3-9(8-10)18(15,16)12-6-4-11(5-7-12)17(2,13)14/h9H,3-8,10H2,1-2H3. The molecule has 0 aromatic heterocycles. The van der Waals surface area contributed by atoms with Gasteiger partial charge in [0, 0.05) is 32.7 Å². The fourth-order valence-electron chi connectivity index (χ4n) is 1.97. The van der Waals surface area contributed by atoms with Crippen molar-refractivity contribution in [1.82, 2.24) is 8.61 Å². The van der Waals surface area contributed by atoms with E-state index in [1.807, 2.05) is 0 Å². The second kappa shape index (κ2) is 5.83. The van der Waals surface area contributed by atoms with Crippen LogP contribution in [0, 0.1) is 0 Å². The van der Waals surface area contributed by atoms with Crippen molar-refractivity contribution in [3.63, 3.8) is 0 Å². The molecule has 0 bridgehead atoms. The lowest BCUT2D eigenvalue weighted by atomic mass is 10.3. The SMILES string of the molecule is CCC(CN)S(=O)(=O)N1CCN(S(C)(=O)=O)CC1. The molecule has 9 heteroatoms. The Hall–Kier alpha value is -0.220. The van der Waals surface area contributed by atoms with Crippen molar-refractivity contribution in [3.8, 4) is 0 Å². The third-order valence-corrected chi connectivity index (χ3v) is 6.92. The van der Waals surface area contributed by atoms with Gasteiger partial charge < -0.3 is 5.73 Å². The third-order valence-electron chi connectivity index (χ3n) is 3.17. The highest BCUT2D eigenvalue weighted by Crippen LogP contribution is 2.15. The molecule has 1 fully saturated rings. The van der Waals surface area contributed by atoms with Crippen LogP contribution in [-0.2, 0) is 20.0 Å². The average molecular weight is 299 g/mol. The summed E-state index contributed by atoms with van der Waals surface area (Å²) in [5, 5.41) is -0.581. The van der Waals surface area contributed by atoms with Gasteiger partial charge in [0.25, 0.3) is 0 Å². The van der Waals surface area contributed by atoms with Crippen molar-refractivity contribution >= 4 is 20.0 Å². The predicted octanol–water partition coefficient (Wildman–Crippen LogP) is -1.37. The van der Waals surface area contributed by atoms with Crippen LogP contribution in [0.15, 0.2) is 0 Å². The topological polar surface area (TPSA) is 101 Å². The van der Waals surface area contributed by atoms with Gasteiger partial charge in [-0.05, 0) is 6.42 Å². The van der Waals surface area contributed by atoms with E-state index in [1.54, 1.807) is 6.92 Å². The van der Waals surface area contributed by atoms with Crippen LogP contribution in [-0.4, -0.2) is 69.7 Å². The first-order chi connectivity index (χ1) is 8.23. The molecule has 0 radical (unpaired) electrons. The Morgan fingerprint density at radius 1 is 1.06 bits per heavy atom. The summed E-state index contributed by atoms with van der Waals surface area (Å²) in [5.41, 5.74) is 5.46. The molecule has 1 aliphatic heterocycles. The summed E-state index contributed by atoms with van der Waals surface area (Å²) in [6.07, 6.45) is 1.59. The van der Waals surface area contributed by atoms with Crippen LogP contribution in [0.25, 0.3) is 0 Å². The predicted molar refractivity (Wildman–Crippen MR) is 70.0 cm³/mol. The van der Waals surface area contributed by atoms with E-state index >= 15 is 0 Å². The Morgan fingerprint density at radius 3 is 1.83 bits per heavy atom. The first-order valence-electron chi connectivity index (χ1n) is 5.87. The van der Waals surface area contributed by atoms with Crippen LogP contribution in [0.5, 0.6) is 0 Å². The molecule has 0 amide bonds. The lowest BCUT2D eigenvalue weighted by Gasteiger charge is -2.34. The molecule has 0 aromatic rings. The Bertz CT molecular complexity index is 462. The maximum absolute atomic E-state index is 12.2. The zero-order valence-electron chi connectivity index (χ0n) is 10.7. The van der Waals surface area contributed by atoms with Gasteiger partial charge in [0.1, 0.15) is 0 Å². The molecule has 108 valence electrons. The number of rotatable bonds is 5. The van der Waals surface area contributed by atoms with Gasteiger partial charge in [0.05, 0.1) is 11.5 Å². The number of hydrogen-bond acceptors (Lipinski definition) is 5. The summed E-state index contributed by atoms with van der Waals surface area (Å²) in [6, 6.07) is 0. The Labute approximate surface area is 109 Å². The highest BCUT2D eigenvalue weighted by molar-refractivity contribution is 7.89. The molecule has 0 saturated carbocycles. The number of sulfonamides is 2. The lowest BCUT2D eigenvalue weighted by molar-refractivity contribution is 0.271. The Balaban J connectivity index is 2.74. The highest BCUT2D eigenvalue weighted by atomic mass is 32.2. The van der Waals surface area contributed by atoms with Gasteiger partial charge in [-0.25, -0.2) is 16.8 Å². The maximum atomic E-state index is 12.2. The van der Waals surface area contributed by atoms with E-state index in [-0.39, 0.29) is 32.7 Å². The second-order valence-corrected chi connectivity index (χ2v) is 8.57. The summed E-state index contributed by atoms with van der Waals surface area (Å²) in [4.78, 5) is 0. The molecular weight excluding hydrogens is 278 g/mol. The zero-order valence-corrected chi connectivity index (χ0v) is 12.4. The van der Waals surface area contributed by atoms with Crippen molar-refractivity contribution in [1.29, 1.82) is 0 Å². The highest BCUT2D eigenvalue weighted by Gasteiger charge is 2.34. The van der Waals surface area contributed by atoms with E-state index in [0.717, 1.165) is 6.26 Å². The molecule has 1 unspecified atom stereocenters. The van der Waals surface area contributed by atoms with E-state index in [4.69, 9.17) is 5.73 Å². The number of hydrogen-bond donors (Lipinski definition) is 1. The van der Waals surface area contributed by atoms with Crippen LogP contribution >= 0.6 is 0 Å². The van der Waals surface area contributed by atoms with Crippen LogP contribution in [0.3, 0.4) is 0 Å². The molecule has 2 N–H and O–H groups in total. The van der Waals surface area contributed by atoms with Gasteiger partial charge in [-0.2, -0.15) is 8.61 Å². The van der Waals surface area contributed by atoms with Crippen LogP contribution in [0.4, 0.5) is 0 Å². The first-order valence-corrected chi connectivity index (χ1v) is 9.22. The molecule has 1 rings (SSSR count). The summed E-state index contributed by atoms with van der Waals surface area (Å²) >= 11 is 0. The number of piperazine rings is 1. The van der Waals surface area contributed by atoms with Crippen molar-refractivity contribution in [2.75, 3.05) is 39.0 Å². The zero-order chi connectivity index (χ0) is 14.0. The van der Waals surface area contributed by atoms with Crippen molar-refractivity contribution in [2.45, 2.75) is 18.6 Å². The molecule has 0 spiro atoms. The van der Waals surface area contributed by atoms with Crippen molar-refractivity contribution < 1.29 is 16.8 Å². The maximum Gasteiger partial charge on any atom is 0.218 e. The molecule has 18 heavy (non-hydrogen) atoms. The third kappa shape index (κ3) is 3.41. The van der Waals surface area contributed by atoms with E-state index in [1.165, 1.54) is 8.61 Å². The van der Waals surface area contributed by atoms with Crippen LogP contribution in [0.2, 0.25) is 0 Å². The molecule has 1 saturated heterocycles. The van der Waals surface area contributed by atoms with Gasteiger partial charge >= 0.3 is 0 Å². The van der Waals surface area contributed by atoms with Gasteiger partial charge in [0.15, 0.2) is 0 Å². The first kappa shape index (κ1) is 15.8. The normalized spacial score (nSPS) is 21.9. The molecule has 1 heterocycles. The van der Waals surface area contributed by atoms with Gasteiger partial charge in [-0.3, -0.25) is 0 Å². The molecule has 0 aliphatic carbocycles. The fraction of sp³-hybridized carbons (Fsp3) is 1.00. The van der Waals surface area contributed by atoms with Gasteiger partial charge in [-0.15, -0.1) is 0 Å². The lowest BCUT2D eigenvalue weighted by Crippen LogP contribution is -2.53. The summed E-state index contributed by atoms with van der Waals surface area (Å²) in [7, 11) is -6.65. The molecule has 7 nitrogen and oxygen atoms in total. The van der Waals surface area contributed by atoms with E-state index in [9.17, 15) is 16.8 Å². The quantitative estimate of drug-likeness (QED) is 0.675. The van der Waals surface area contributed by atoms with Gasteiger partial charge in [0.2, 0.25) is 20.0 Å². The Morgan fingerprint density at radius 2 is 1.50 bits per heavy atom. The minimum atomic E-state index is -3.41. The summed E-state index contributed by atoms with van der Waals surface area (Å²) in [6.45, 7) is 2.68. The molecule has 0 aromatic carbocycles. The van der Waals surface area contributed by atoms with Crippen LogP contribution < -0.4 is 5.73 Å². The summed E-state index contributed by atoms with van der Waals surface area (Å²) in [5.74, 6) is 0. The number of nitrogens with zero attached hydrogens (tertiary/aromatic N) is 2. The van der Waals surface area contributed by atoms with E-state index < -0.39 is 25.3 Å².